The predicted octanol–water partition coefficient (Wildman–Crippen LogP) is 0.0361. The summed E-state index contributed by atoms with van der Waals surface area (Å²) in [6, 6.07) is 0. The van der Waals surface area contributed by atoms with E-state index >= 15 is 0 Å². The van der Waals surface area contributed by atoms with E-state index in [1.807, 2.05) is 0 Å². The van der Waals surface area contributed by atoms with Gasteiger partial charge in [-0.05, 0) is 12.3 Å². The van der Waals surface area contributed by atoms with Gasteiger partial charge >= 0.3 is 7.82 Å². The van der Waals surface area contributed by atoms with Crippen molar-refractivity contribution in [2.45, 2.75) is 57.7 Å². The highest BCUT2D eigenvalue weighted by Gasteiger charge is 2.45. The van der Waals surface area contributed by atoms with E-state index in [1.54, 1.807) is 20.8 Å². The number of phosphoric acid groups is 1. The molecule has 4 N–H and O–H groups in total. The minimum absolute atomic E-state index is 0.0673. The van der Waals surface area contributed by atoms with Crippen LogP contribution in [0.5, 0.6) is 0 Å². The number of aliphatic hydroxyl groups excluding tert-OH is 3. The van der Waals surface area contributed by atoms with Crippen molar-refractivity contribution in [1.82, 2.24) is 0 Å². The van der Waals surface area contributed by atoms with E-state index < -0.39 is 44.9 Å². The number of ether oxygens (including phenoxy) is 1. The monoisotopic (exact) mass is 328 g/mol. The summed E-state index contributed by atoms with van der Waals surface area (Å²) >= 11 is 0. The molecule has 0 aromatic rings. The van der Waals surface area contributed by atoms with Crippen LogP contribution >= 0.6 is 7.82 Å². The average Bonchev–Trinajstić information content (AvgIpc) is 2.41. The average molecular weight is 328 g/mol. The molecule has 0 aliphatic carbocycles. The summed E-state index contributed by atoms with van der Waals surface area (Å²) in [4.78, 5) is 9.42. The molecule has 0 amide bonds. The van der Waals surface area contributed by atoms with Crippen LogP contribution in [0, 0.1) is 5.92 Å². The first kappa shape index (κ1) is 19.0. The smallest absolute Gasteiger partial charge is 0.388 e. The molecule has 0 spiro atoms. The van der Waals surface area contributed by atoms with Gasteiger partial charge in [0.15, 0.2) is 0 Å². The van der Waals surface area contributed by atoms with Crippen molar-refractivity contribution in [3.63, 3.8) is 0 Å². The van der Waals surface area contributed by atoms with Gasteiger partial charge in [0.2, 0.25) is 0 Å². The molecule has 0 radical (unpaired) electrons. The Morgan fingerprint density at radius 1 is 1.14 bits per heavy atom. The summed E-state index contributed by atoms with van der Waals surface area (Å²) in [6.45, 7) is 5.00. The molecule has 21 heavy (non-hydrogen) atoms. The molecule has 1 heterocycles. The van der Waals surface area contributed by atoms with Crippen molar-refractivity contribution in [2.24, 2.45) is 5.92 Å². The lowest BCUT2D eigenvalue weighted by Gasteiger charge is -2.42. The Bertz CT molecular complexity index is 363. The van der Waals surface area contributed by atoms with Crippen LogP contribution in [-0.2, 0) is 18.3 Å². The van der Waals surface area contributed by atoms with Crippen LogP contribution in [0.15, 0.2) is 0 Å². The van der Waals surface area contributed by atoms with Crippen LogP contribution < -0.4 is 0 Å². The minimum Gasteiger partial charge on any atom is -0.388 e. The summed E-state index contributed by atoms with van der Waals surface area (Å²) in [6.07, 6.45) is -5.23. The third kappa shape index (κ3) is 5.26. The maximum Gasteiger partial charge on any atom is 0.472 e. The van der Waals surface area contributed by atoms with E-state index in [9.17, 15) is 24.8 Å². The highest BCUT2D eigenvalue weighted by Crippen LogP contribution is 2.44. The van der Waals surface area contributed by atoms with Crippen molar-refractivity contribution >= 4 is 7.82 Å². The molecule has 1 fully saturated rings. The Labute approximate surface area is 124 Å². The molecule has 0 aromatic carbocycles. The van der Waals surface area contributed by atoms with Crippen LogP contribution in [0.3, 0.4) is 0 Å². The number of hydrogen-bond acceptors (Lipinski definition) is 7. The number of phosphoric ester groups is 1. The van der Waals surface area contributed by atoms with Gasteiger partial charge < -0.3 is 24.9 Å². The van der Waals surface area contributed by atoms with Gasteiger partial charge in [0.1, 0.15) is 24.4 Å². The van der Waals surface area contributed by atoms with E-state index in [0.29, 0.717) is 6.42 Å². The zero-order valence-electron chi connectivity index (χ0n) is 12.5. The summed E-state index contributed by atoms with van der Waals surface area (Å²) in [7, 11) is -4.22. The SMILES string of the molecule is CCCOP(=O)(O)OCC1OC(C(C)C)C(O)C(O)C1O. The van der Waals surface area contributed by atoms with Crippen molar-refractivity contribution in [3.05, 3.63) is 0 Å². The zero-order chi connectivity index (χ0) is 16.2. The topological polar surface area (TPSA) is 126 Å². The summed E-state index contributed by atoms with van der Waals surface area (Å²) in [5.41, 5.74) is 0. The molecule has 6 atom stereocenters. The molecular formula is C12H25O8P. The van der Waals surface area contributed by atoms with Crippen molar-refractivity contribution in [2.75, 3.05) is 13.2 Å². The Balaban J connectivity index is 2.63. The first-order valence-corrected chi connectivity index (χ1v) is 8.50. The molecule has 8 nitrogen and oxygen atoms in total. The highest BCUT2D eigenvalue weighted by molar-refractivity contribution is 7.47. The van der Waals surface area contributed by atoms with E-state index in [-0.39, 0.29) is 12.5 Å². The first-order valence-electron chi connectivity index (χ1n) is 7.01. The van der Waals surface area contributed by atoms with Crippen LogP contribution in [0.25, 0.3) is 0 Å². The van der Waals surface area contributed by atoms with Crippen molar-refractivity contribution in [3.8, 4) is 0 Å². The molecule has 1 aliphatic heterocycles. The van der Waals surface area contributed by atoms with E-state index in [4.69, 9.17) is 9.26 Å². The quantitative estimate of drug-likeness (QED) is 0.483. The molecule has 0 bridgehead atoms. The van der Waals surface area contributed by atoms with Gasteiger partial charge in [-0.3, -0.25) is 9.05 Å². The van der Waals surface area contributed by atoms with Gasteiger partial charge in [0.05, 0.1) is 19.3 Å². The van der Waals surface area contributed by atoms with E-state index in [1.165, 1.54) is 0 Å². The van der Waals surface area contributed by atoms with Gasteiger partial charge in [0.25, 0.3) is 0 Å². The third-order valence-corrected chi connectivity index (χ3v) is 4.25. The molecular weight excluding hydrogens is 303 g/mol. The lowest BCUT2D eigenvalue weighted by atomic mass is 9.90. The van der Waals surface area contributed by atoms with Gasteiger partial charge in [-0.25, -0.2) is 4.57 Å². The highest BCUT2D eigenvalue weighted by atomic mass is 31.2. The lowest BCUT2D eigenvalue weighted by Crippen LogP contribution is -2.59. The molecule has 9 heteroatoms. The lowest BCUT2D eigenvalue weighted by molar-refractivity contribution is -0.237. The zero-order valence-corrected chi connectivity index (χ0v) is 13.3. The molecule has 0 saturated carbocycles. The van der Waals surface area contributed by atoms with Gasteiger partial charge in [0, 0.05) is 0 Å². The largest absolute Gasteiger partial charge is 0.472 e. The fourth-order valence-corrected chi connectivity index (χ4v) is 2.90. The first-order chi connectivity index (χ1) is 9.69. The summed E-state index contributed by atoms with van der Waals surface area (Å²) in [5, 5.41) is 29.5. The minimum atomic E-state index is -4.22. The molecule has 1 rings (SSSR count). The van der Waals surface area contributed by atoms with Gasteiger partial charge in [-0.1, -0.05) is 20.8 Å². The standard InChI is InChI=1S/C12H25O8P/c1-4-5-18-21(16,17)19-6-8-9(13)10(14)11(15)12(20-8)7(2)3/h7-15H,4-6H2,1-3H3,(H,16,17). The van der Waals surface area contributed by atoms with Gasteiger partial charge in [-0.15, -0.1) is 0 Å². The Hall–Kier alpha value is -0.0500. The Kier molecular flexibility index (Phi) is 7.23. The second-order valence-corrected chi connectivity index (χ2v) is 6.91. The van der Waals surface area contributed by atoms with E-state index in [2.05, 4.69) is 4.52 Å². The van der Waals surface area contributed by atoms with Crippen LogP contribution in [0.1, 0.15) is 27.2 Å². The fourth-order valence-electron chi connectivity index (χ4n) is 2.08. The summed E-state index contributed by atoms with van der Waals surface area (Å²) in [5.74, 6) is -0.109. The molecule has 1 saturated heterocycles. The normalized spacial score (nSPS) is 36.7. The van der Waals surface area contributed by atoms with Gasteiger partial charge in [-0.2, -0.15) is 0 Å². The van der Waals surface area contributed by atoms with E-state index in [0.717, 1.165) is 0 Å². The summed E-state index contributed by atoms with van der Waals surface area (Å²) < 4.78 is 26.4. The van der Waals surface area contributed by atoms with Crippen LogP contribution in [-0.4, -0.2) is 63.9 Å². The number of hydrogen-bond donors (Lipinski definition) is 4. The van der Waals surface area contributed by atoms with Crippen molar-refractivity contribution < 1.29 is 38.6 Å². The third-order valence-electron chi connectivity index (χ3n) is 3.27. The predicted molar refractivity (Wildman–Crippen MR) is 73.5 cm³/mol. The second-order valence-electron chi connectivity index (χ2n) is 5.45. The number of rotatable bonds is 7. The second kappa shape index (κ2) is 7.99. The van der Waals surface area contributed by atoms with Crippen LogP contribution in [0.2, 0.25) is 0 Å². The maximum absolute atomic E-state index is 11.5. The Morgan fingerprint density at radius 2 is 1.76 bits per heavy atom. The molecule has 1 aliphatic rings. The molecule has 0 aromatic heterocycles. The van der Waals surface area contributed by atoms with Crippen molar-refractivity contribution in [1.29, 1.82) is 0 Å². The Morgan fingerprint density at radius 3 is 2.29 bits per heavy atom. The van der Waals surface area contributed by atoms with Crippen LogP contribution in [0.4, 0.5) is 0 Å². The molecule has 126 valence electrons. The fraction of sp³-hybridized carbons (Fsp3) is 1.00. The maximum atomic E-state index is 11.5. The molecule has 6 unspecified atom stereocenters. The number of aliphatic hydroxyl groups is 3.